The fraction of sp³-hybridized carbons (Fsp3) is 0.500. The molecule has 0 radical (unpaired) electrons. The first-order valence-electron chi connectivity index (χ1n) is 14.2. The number of nitrogen functional groups attached to an aromatic ring is 1. The van der Waals surface area contributed by atoms with Crippen molar-refractivity contribution in [1.29, 1.82) is 0 Å². The maximum Gasteiger partial charge on any atom is 0.355 e. The molecule has 0 spiro atoms. The maximum absolute atomic E-state index is 13.6. The van der Waals surface area contributed by atoms with Crippen LogP contribution >= 0.6 is 23.3 Å². The number of benzene rings is 1. The number of rotatable bonds is 12. The van der Waals surface area contributed by atoms with Crippen LogP contribution in [-0.4, -0.2) is 73.0 Å². The summed E-state index contributed by atoms with van der Waals surface area (Å²) in [5.74, 6) is -1.91. The molecule has 3 heterocycles. The molecule has 2 N–H and O–H groups in total. The van der Waals surface area contributed by atoms with E-state index in [4.69, 9.17) is 24.8 Å². The van der Waals surface area contributed by atoms with Crippen molar-refractivity contribution in [1.82, 2.24) is 14.3 Å². The number of hydrogen-bond acceptors (Lipinski definition) is 14. The number of nitrogens with zero attached hydrogens (tertiary/aromatic N) is 4. The molecule has 13 nitrogen and oxygen atoms in total. The van der Waals surface area contributed by atoms with Gasteiger partial charge in [-0.15, -0.1) is 11.8 Å². The van der Waals surface area contributed by atoms with Crippen LogP contribution in [0.2, 0.25) is 0 Å². The second-order valence-electron chi connectivity index (χ2n) is 11.9. The van der Waals surface area contributed by atoms with Crippen LogP contribution in [0, 0.1) is 5.92 Å². The number of carbonyl (C=O) groups excluding carboxylic acids is 4. The summed E-state index contributed by atoms with van der Waals surface area (Å²) < 4.78 is 20.2. The number of fused-ring (bicyclic) bond motifs is 1. The fourth-order valence-electron chi connectivity index (χ4n) is 4.46. The summed E-state index contributed by atoms with van der Waals surface area (Å²) in [6.07, 6.45) is 0.301. The van der Waals surface area contributed by atoms with Crippen molar-refractivity contribution < 1.29 is 38.2 Å². The Kier molecular flexibility index (Phi) is 10.2. The quantitative estimate of drug-likeness (QED) is 0.151. The van der Waals surface area contributed by atoms with E-state index in [0.717, 1.165) is 22.7 Å². The van der Waals surface area contributed by atoms with E-state index in [1.54, 1.807) is 52.1 Å². The van der Waals surface area contributed by atoms with Crippen molar-refractivity contribution in [2.24, 2.45) is 11.1 Å². The van der Waals surface area contributed by atoms with Crippen LogP contribution in [0.3, 0.4) is 0 Å². The molecular formula is C30H37N5O8S2. The van der Waals surface area contributed by atoms with E-state index < -0.39 is 40.2 Å². The van der Waals surface area contributed by atoms with Crippen molar-refractivity contribution in [3.8, 4) is 5.75 Å². The van der Waals surface area contributed by atoms with Gasteiger partial charge in [-0.25, -0.2) is 9.59 Å². The van der Waals surface area contributed by atoms with Gasteiger partial charge in [0.2, 0.25) is 17.3 Å². The van der Waals surface area contributed by atoms with E-state index in [2.05, 4.69) is 14.5 Å². The van der Waals surface area contributed by atoms with Gasteiger partial charge in [-0.3, -0.25) is 14.5 Å². The third-order valence-electron chi connectivity index (χ3n) is 6.89. The van der Waals surface area contributed by atoms with Crippen molar-refractivity contribution in [2.75, 3.05) is 18.6 Å². The zero-order valence-corrected chi connectivity index (χ0v) is 27.9. The molecule has 0 saturated carbocycles. The number of methoxy groups -OCH3 is 1. The molecular weight excluding hydrogens is 622 g/mol. The Bertz CT molecular complexity index is 1530. The number of ketones is 1. The number of anilines is 1. The summed E-state index contributed by atoms with van der Waals surface area (Å²) >= 11 is 2.33. The molecule has 1 aromatic heterocycles. The number of ether oxygens (including phenoxy) is 3. The minimum atomic E-state index is -1.55. The average molecular weight is 660 g/mol. The number of amides is 1. The van der Waals surface area contributed by atoms with E-state index in [1.165, 1.54) is 30.5 Å². The molecule has 242 valence electrons. The van der Waals surface area contributed by atoms with E-state index in [-0.39, 0.29) is 41.3 Å². The molecule has 2 aromatic rings. The van der Waals surface area contributed by atoms with Crippen LogP contribution in [0.5, 0.6) is 5.75 Å². The number of hydrogen-bond donors (Lipinski definition) is 1. The summed E-state index contributed by atoms with van der Waals surface area (Å²) in [5.41, 5.74) is 4.92. The second-order valence-corrected chi connectivity index (χ2v) is 13.8. The maximum atomic E-state index is 13.6. The summed E-state index contributed by atoms with van der Waals surface area (Å²) in [6.45, 7) is 9.99. The average Bonchev–Trinajstić information content (AvgIpc) is 3.42. The molecule has 0 bridgehead atoms. The molecule has 15 heteroatoms. The van der Waals surface area contributed by atoms with Crippen molar-refractivity contribution in [2.45, 2.75) is 77.6 Å². The predicted octanol–water partition coefficient (Wildman–Crippen LogP) is 3.87. The van der Waals surface area contributed by atoms with Gasteiger partial charge in [0.15, 0.2) is 16.6 Å². The van der Waals surface area contributed by atoms with E-state index in [0.29, 0.717) is 17.9 Å². The highest BCUT2D eigenvalue weighted by Gasteiger charge is 2.54. The van der Waals surface area contributed by atoms with Crippen LogP contribution < -0.4 is 10.5 Å². The smallest absolute Gasteiger partial charge is 0.355 e. The third-order valence-corrected chi connectivity index (χ3v) is 8.82. The normalized spacial score (nSPS) is 18.6. The summed E-state index contributed by atoms with van der Waals surface area (Å²) in [6, 6.07) is 7.12. The van der Waals surface area contributed by atoms with E-state index >= 15 is 0 Å². The first-order valence-corrected chi connectivity index (χ1v) is 16.1. The van der Waals surface area contributed by atoms with Gasteiger partial charge in [-0.05, 0) is 64.3 Å². The Balaban J connectivity index is 1.49. The van der Waals surface area contributed by atoms with Gasteiger partial charge in [-0.1, -0.05) is 24.2 Å². The topological polar surface area (TPSA) is 173 Å². The van der Waals surface area contributed by atoms with Crippen LogP contribution in [0.4, 0.5) is 5.13 Å². The fourth-order valence-corrected chi connectivity index (χ4v) is 6.41. The van der Waals surface area contributed by atoms with Crippen molar-refractivity contribution in [3.63, 3.8) is 0 Å². The first-order chi connectivity index (χ1) is 21.1. The minimum Gasteiger partial charge on any atom is -0.497 e. The Labute approximate surface area is 269 Å². The molecule has 0 unspecified atom stereocenters. The highest BCUT2D eigenvalue weighted by molar-refractivity contribution is 8.00. The lowest BCUT2D eigenvalue weighted by Crippen LogP contribution is -2.62. The number of aromatic nitrogens is 2. The Morgan fingerprint density at radius 2 is 1.82 bits per heavy atom. The van der Waals surface area contributed by atoms with Crippen molar-refractivity contribution >= 4 is 57.8 Å². The van der Waals surface area contributed by atoms with Gasteiger partial charge in [0.25, 0.3) is 0 Å². The van der Waals surface area contributed by atoms with Gasteiger partial charge < -0.3 is 24.8 Å². The van der Waals surface area contributed by atoms with Gasteiger partial charge in [0.1, 0.15) is 23.7 Å². The highest BCUT2D eigenvalue weighted by Crippen LogP contribution is 2.46. The molecule has 45 heavy (non-hydrogen) atoms. The van der Waals surface area contributed by atoms with Gasteiger partial charge in [-0.2, -0.15) is 9.36 Å². The molecule has 1 saturated heterocycles. The molecule has 1 amide bonds. The van der Waals surface area contributed by atoms with Crippen LogP contribution in [0.1, 0.15) is 65.8 Å². The zero-order valence-electron chi connectivity index (χ0n) is 26.2. The number of nitrogens with two attached hydrogens (primary N) is 1. The Morgan fingerprint density at radius 1 is 1.13 bits per heavy atom. The highest BCUT2D eigenvalue weighted by atomic mass is 32.2. The Morgan fingerprint density at radius 3 is 2.40 bits per heavy atom. The van der Waals surface area contributed by atoms with Crippen molar-refractivity contribution in [3.05, 3.63) is 46.9 Å². The SMILES string of the molecule is CCC1=C(C(=O)OCc2ccc(OC)cc2)N2C(=O)[C@@H](CC(=O)/C(=N\OC(C)(C)C(=O)OC(C)(C)C)c3nsc(N)n3)[C@H]2SC1. The van der Waals surface area contributed by atoms with Gasteiger partial charge >= 0.3 is 11.9 Å². The largest absolute Gasteiger partial charge is 0.497 e. The molecule has 1 aromatic carbocycles. The molecule has 2 aliphatic rings. The number of oxime groups is 1. The lowest BCUT2D eigenvalue weighted by atomic mass is 9.89. The standard InChI is InChI=1S/C30H37N5O8S2/c1-8-17-15-44-25-19(24(37)35(25)22(17)26(38)41-14-16-9-11-18(40-7)12-10-16)13-20(36)21(23-32-28(31)45-34-23)33-43-30(5,6)27(39)42-29(2,3)4/h9-12,19,25H,8,13-15H2,1-7H3,(H2,31,32,34)/b33-21+/t19-,25-/m1/s1. The lowest BCUT2D eigenvalue weighted by molar-refractivity contribution is -0.179. The predicted molar refractivity (Wildman–Crippen MR) is 168 cm³/mol. The zero-order chi connectivity index (χ0) is 33.1. The third kappa shape index (κ3) is 7.82. The number of β-lactam (4-membered cyclic amide) rings is 1. The van der Waals surface area contributed by atoms with Crippen LogP contribution in [0.25, 0.3) is 0 Å². The summed E-state index contributed by atoms with van der Waals surface area (Å²) in [4.78, 5) is 64.0. The van der Waals surface area contributed by atoms with Crippen LogP contribution in [-0.2, 0) is 40.1 Å². The van der Waals surface area contributed by atoms with E-state index in [1.807, 2.05) is 6.92 Å². The summed E-state index contributed by atoms with van der Waals surface area (Å²) in [5, 5.41) is 3.61. The summed E-state index contributed by atoms with van der Waals surface area (Å²) in [7, 11) is 1.57. The van der Waals surface area contributed by atoms with Crippen LogP contribution in [0.15, 0.2) is 40.7 Å². The first kappa shape index (κ1) is 33.9. The van der Waals surface area contributed by atoms with Gasteiger partial charge in [0, 0.05) is 23.7 Å². The lowest BCUT2D eigenvalue weighted by Gasteiger charge is -2.49. The number of Topliss-reactive ketones (excluding diaryl/α,β-unsaturated/α-hetero) is 1. The monoisotopic (exact) mass is 659 g/mol. The number of thioether (sulfide) groups is 1. The number of carbonyl (C=O) groups is 4. The Hall–Kier alpha value is -3.98. The molecule has 1 fully saturated rings. The van der Waals surface area contributed by atoms with Gasteiger partial charge in [0.05, 0.1) is 18.4 Å². The molecule has 2 aliphatic heterocycles. The minimum absolute atomic E-state index is 0.0221. The molecule has 0 aliphatic carbocycles. The van der Waals surface area contributed by atoms with E-state index in [9.17, 15) is 19.2 Å². The molecule has 2 atom stereocenters. The molecule has 4 rings (SSSR count). The number of esters is 2. The second kappa shape index (κ2) is 13.6.